The molecule has 2 nitrogen and oxygen atoms in total. The lowest BCUT2D eigenvalue weighted by molar-refractivity contribution is 0.305. The van der Waals surface area contributed by atoms with Crippen LogP contribution >= 0.6 is 39.7 Å². The molecule has 2 N–H and O–H groups in total. The highest BCUT2D eigenvalue weighted by atomic mass is 79.9. The van der Waals surface area contributed by atoms with Crippen LogP contribution in [0.3, 0.4) is 0 Å². The molecule has 0 radical (unpaired) electrons. The van der Waals surface area contributed by atoms with Gasteiger partial charge in [0.1, 0.15) is 17.3 Å². The fourth-order valence-electron chi connectivity index (χ4n) is 1.63. The van der Waals surface area contributed by atoms with Crippen LogP contribution < -0.4 is 10.5 Å². The third-order valence-corrected chi connectivity index (χ3v) is 3.80. The van der Waals surface area contributed by atoms with Crippen LogP contribution in [0.15, 0.2) is 46.9 Å². The molecule has 0 aliphatic rings. The number of ether oxygens (including phenoxy) is 1. The summed E-state index contributed by atoms with van der Waals surface area (Å²) >= 11 is 14.5. The quantitative estimate of drug-likeness (QED) is 0.829. The van der Waals surface area contributed by atoms with E-state index in [1.54, 1.807) is 0 Å². The molecule has 0 saturated carbocycles. The Kier molecular flexibility index (Phi) is 4.80. The van der Waals surface area contributed by atoms with Gasteiger partial charge in [-0.15, -0.1) is 0 Å². The van der Waals surface area contributed by atoms with Crippen molar-refractivity contribution in [3.63, 3.8) is 0 Å². The SMILES string of the molecule is NC(=S)c1c(Br)cccc1OCc1ccccc1Cl. The molecular weight excluding hydrogens is 346 g/mol. The van der Waals surface area contributed by atoms with Crippen molar-refractivity contribution in [2.45, 2.75) is 6.61 Å². The third-order valence-electron chi connectivity index (χ3n) is 2.56. The predicted octanol–water partition coefficient (Wildman–Crippen LogP) is 4.32. The van der Waals surface area contributed by atoms with Gasteiger partial charge in [0.25, 0.3) is 0 Å². The number of halogens is 2. The number of nitrogens with two attached hydrogens (primary N) is 1. The van der Waals surface area contributed by atoms with Crippen molar-refractivity contribution in [2.24, 2.45) is 5.73 Å². The zero-order valence-corrected chi connectivity index (χ0v) is 13.1. The molecule has 0 heterocycles. The van der Waals surface area contributed by atoms with Gasteiger partial charge in [-0.05, 0) is 34.1 Å². The number of rotatable bonds is 4. The van der Waals surface area contributed by atoms with E-state index in [1.165, 1.54) is 0 Å². The lowest BCUT2D eigenvalue weighted by Crippen LogP contribution is -2.12. The molecule has 5 heteroatoms. The van der Waals surface area contributed by atoms with Gasteiger partial charge in [-0.3, -0.25) is 0 Å². The Morgan fingerprint density at radius 2 is 1.95 bits per heavy atom. The molecule has 2 aromatic carbocycles. The molecule has 2 rings (SSSR count). The first kappa shape index (κ1) is 14.3. The minimum atomic E-state index is 0.293. The Labute approximate surface area is 130 Å². The Morgan fingerprint density at radius 1 is 1.21 bits per heavy atom. The highest BCUT2D eigenvalue weighted by Gasteiger charge is 2.11. The highest BCUT2D eigenvalue weighted by Crippen LogP contribution is 2.28. The number of benzene rings is 2. The topological polar surface area (TPSA) is 35.2 Å². The fraction of sp³-hybridized carbons (Fsp3) is 0.0714. The number of thiocarbonyl (C=S) groups is 1. The third kappa shape index (κ3) is 3.47. The van der Waals surface area contributed by atoms with Crippen molar-refractivity contribution in [3.8, 4) is 5.75 Å². The molecule has 98 valence electrons. The first-order valence-electron chi connectivity index (χ1n) is 5.54. The van der Waals surface area contributed by atoms with Crippen LogP contribution in [-0.4, -0.2) is 4.99 Å². The van der Waals surface area contributed by atoms with Gasteiger partial charge in [0.2, 0.25) is 0 Å². The maximum Gasteiger partial charge on any atom is 0.131 e. The molecule has 0 aliphatic carbocycles. The standard InChI is InChI=1S/C14H11BrClNOS/c15-10-5-3-7-12(13(10)14(17)19)18-8-9-4-1-2-6-11(9)16/h1-7H,8H2,(H2,17,19). The van der Waals surface area contributed by atoms with Gasteiger partial charge in [0.05, 0.1) is 5.56 Å². The molecule has 0 bridgehead atoms. The van der Waals surface area contributed by atoms with Crippen molar-refractivity contribution < 1.29 is 4.74 Å². The van der Waals surface area contributed by atoms with E-state index in [9.17, 15) is 0 Å². The maximum atomic E-state index is 6.08. The molecule has 2 aromatic rings. The van der Waals surface area contributed by atoms with Gasteiger partial charge < -0.3 is 10.5 Å². The Balaban J connectivity index is 2.23. The predicted molar refractivity (Wildman–Crippen MR) is 85.8 cm³/mol. The van der Waals surface area contributed by atoms with Crippen molar-refractivity contribution >= 4 is 44.7 Å². The minimum Gasteiger partial charge on any atom is -0.488 e. The summed E-state index contributed by atoms with van der Waals surface area (Å²) in [6.45, 7) is 0.367. The second-order valence-corrected chi connectivity index (χ2v) is 5.56. The van der Waals surface area contributed by atoms with Crippen LogP contribution in [-0.2, 0) is 6.61 Å². The summed E-state index contributed by atoms with van der Waals surface area (Å²) in [7, 11) is 0. The van der Waals surface area contributed by atoms with E-state index >= 15 is 0 Å². The first-order chi connectivity index (χ1) is 9.09. The van der Waals surface area contributed by atoms with E-state index < -0.39 is 0 Å². The first-order valence-corrected chi connectivity index (χ1v) is 7.12. The van der Waals surface area contributed by atoms with Crippen LogP contribution in [0.5, 0.6) is 5.75 Å². The summed E-state index contributed by atoms with van der Waals surface area (Å²) in [6, 6.07) is 13.1. The second-order valence-electron chi connectivity index (χ2n) is 3.86. The van der Waals surface area contributed by atoms with E-state index in [0.717, 1.165) is 10.0 Å². The van der Waals surface area contributed by atoms with E-state index in [1.807, 2.05) is 42.5 Å². The second kappa shape index (κ2) is 6.37. The molecule has 0 unspecified atom stereocenters. The minimum absolute atomic E-state index is 0.293. The largest absolute Gasteiger partial charge is 0.488 e. The Morgan fingerprint density at radius 3 is 2.63 bits per heavy atom. The van der Waals surface area contributed by atoms with Crippen LogP contribution in [0.25, 0.3) is 0 Å². The molecule has 19 heavy (non-hydrogen) atoms. The van der Waals surface area contributed by atoms with E-state index in [4.69, 9.17) is 34.3 Å². The molecule has 0 saturated heterocycles. The van der Waals surface area contributed by atoms with Crippen molar-refractivity contribution in [1.29, 1.82) is 0 Å². The smallest absolute Gasteiger partial charge is 0.131 e. The molecule has 0 fully saturated rings. The number of hydrogen-bond donors (Lipinski definition) is 1. The summed E-state index contributed by atoms with van der Waals surface area (Å²) in [4.78, 5) is 0.293. The molecule has 0 spiro atoms. The maximum absolute atomic E-state index is 6.08. The summed E-state index contributed by atoms with van der Waals surface area (Å²) < 4.78 is 6.58. The Bertz CT molecular complexity index is 618. The zero-order valence-electron chi connectivity index (χ0n) is 9.90. The summed E-state index contributed by atoms with van der Waals surface area (Å²) in [5.74, 6) is 0.641. The van der Waals surface area contributed by atoms with Gasteiger partial charge in [-0.25, -0.2) is 0 Å². The van der Waals surface area contributed by atoms with Crippen LogP contribution in [0.1, 0.15) is 11.1 Å². The van der Waals surface area contributed by atoms with Gasteiger partial charge in [0, 0.05) is 15.1 Å². The molecule has 0 aromatic heterocycles. The van der Waals surface area contributed by atoms with Gasteiger partial charge in [-0.1, -0.05) is 48.1 Å². The van der Waals surface area contributed by atoms with Crippen LogP contribution in [0.4, 0.5) is 0 Å². The summed E-state index contributed by atoms with van der Waals surface area (Å²) in [6.07, 6.45) is 0. The normalized spacial score (nSPS) is 10.2. The monoisotopic (exact) mass is 355 g/mol. The lowest BCUT2D eigenvalue weighted by atomic mass is 10.2. The number of hydrogen-bond acceptors (Lipinski definition) is 2. The lowest BCUT2D eigenvalue weighted by Gasteiger charge is -2.12. The highest BCUT2D eigenvalue weighted by molar-refractivity contribution is 9.10. The summed E-state index contributed by atoms with van der Waals surface area (Å²) in [5.41, 5.74) is 7.32. The molecule has 0 aliphatic heterocycles. The molecule has 0 atom stereocenters. The van der Waals surface area contributed by atoms with Gasteiger partial charge >= 0.3 is 0 Å². The van der Waals surface area contributed by atoms with Crippen LogP contribution in [0.2, 0.25) is 5.02 Å². The average Bonchev–Trinajstić information content (AvgIpc) is 2.37. The van der Waals surface area contributed by atoms with Gasteiger partial charge in [-0.2, -0.15) is 0 Å². The zero-order chi connectivity index (χ0) is 13.8. The van der Waals surface area contributed by atoms with E-state index in [0.29, 0.717) is 27.9 Å². The molecular formula is C14H11BrClNOS. The van der Waals surface area contributed by atoms with Gasteiger partial charge in [0.15, 0.2) is 0 Å². The van der Waals surface area contributed by atoms with Crippen LogP contribution in [0, 0.1) is 0 Å². The van der Waals surface area contributed by atoms with E-state index in [2.05, 4.69) is 15.9 Å². The van der Waals surface area contributed by atoms with Crippen molar-refractivity contribution in [3.05, 3.63) is 63.1 Å². The van der Waals surface area contributed by atoms with Crippen molar-refractivity contribution in [2.75, 3.05) is 0 Å². The van der Waals surface area contributed by atoms with Crippen molar-refractivity contribution in [1.82, 2.24) is 0 Å². The Hall–Kier alpha value is -1.10. The fourth-order valence-corrected chi connectivity index (χ4v) is 2.73. The molecule has 0 amide bonds. The average molecular weight is 357 g/mol. The summed E-state index contributed by atoms with van der Waals surface area (Å²) in [5, 5.41) is 0.675. The van der Waals surface area contributed by atoms with E-state index in [-0.39, 0.29) is 0 Å².